The summed E-state index contributed by atoms with van der Waals surface area (Å²) in [7, 11) is 0. The van der Waals surface area contributed by atoms with Crippen molar-refractivity contribution in [1.29, 1.82) is 0 Å². The first-order valence-corrected chi connectivity index (χ1v) is 5.24. The number of hydrogen-bond acceptors (Lipinski definition) is 0. The van der Waals surface area contributed by atoms with Gasteiger partial charge in [-0.1, -0.05) is 18.2 Å². The minimum Gasteiger partial charge on any atom is -0.206 e. The van der Waals surface area contributed by atoms with Crippen LogP contribution in [0.2, 0.25) is 0 Å². The normalized spacial score (nSPS) is 10.4. The Hall–Kier alpha value is -0.270. The molecule has 0 saturated heterocycles. The molecule has 0 heterocycles. The molecular formula is C10H11Cl2F. The number of aryl methyl sites for hydroxylation is 1. The van der Waals surface area contributed by atoms with E-state index in [1.165, 1.54) is 0 Å². The largest absolute Gasteiger partial charge is 0.206 e. The smallest absolute Gasteiger partial charge is 0.130 e. The number of benzene rings is 1. The molecule has 0 saturated carbocycles. The maximum absolute atomic E-state index is 13.5. The van der Waals surface area contributed by atoms with Crippen molar-refractivity contribution >= 4 is 23.2 Å². The maximum Gasteiger partial charge on any atom is 0.130 e. The Labute approximate surface area is 87.7 Å². The zero-order chi connectivity index (χ0) is 9.68. The third-order valence-corrected chi connectivity index (χ3v) is 2.44. The summed E-state index contributed by atoms with van der Waals surface area (Å²) in [5.41, 5.74) is 1.27. The fourth-order valence-electron chi connectivity index (χ4n) is 1.19. The van der Waals surface area contributed by atoms with Crippen LogP contribution in [-0.2, 0) is 12.3 Å². The first-order chi connectivity index (χ1) is 6.29. The fourth-order valence-corrected chi connectivity index (χ4v) is 1.53. The second kappa shape index (κ2) is 5.46. The fraction of sp³-hybridized carbons (Fsp3) is 0.400. The van der Waals surface area contributed by atoms with E-state index in [4.69, 9.17) is 23.2 Å². The van der Waals surface area contributed by atoms with Crippen molar-refractivity contribution in [2.24, 2.45) is 0 Å². The summed E-state index contributed by atoms with van der Waals surface area (Å²) < 4.78 is 13.5. The molecule has 1 rings (SSSR count). The minimum absolute atomic E-state index is 0.178. The molecule has 3 heteroatoms. The number of alkyl halides is 2. The first kappa shape index (κ1) is 10.8. The predicted octanol–water partition coefficient (Wildman–Crippen LogP) is 3.74. The summed E-state index contributed by atoms with van der Waals surface area (Å²) >= 11 is 11.1. The van der Waals surface area contributed by atoms with Crippen molar-refractivity contribution in [2.75, 3.05) is 5.88 Å². The van der Waals surface area contributed by atoms with Crippen molar-refractivity contribution < 1.29 is 4.39 Å². The molecule has 0 bridgehead atoms. The van der Waals surface area contributed by atoms with Gasteiger partial charge >= 0.3 is 0 Å². The van der Waals surface area contributed by atoms with Crippen LogP contribution in [0.3, 0.4) is 0 Å². The molecule has 72 valence electrons. The van der Waals surface area contributed by atoms with E-state index in [-0.39, 0.29) is 11.7 Å². The topological polar surface area (TPSA) is 0 Å². The van der Waals surface area contributed by atoms with Gasteiger partial charge in [0, 0.05) is 11.4 Å². The lowest BCUT2D eigenvalue weighted by molar-refractivity contribution is 0.597. The minimum atomic E-state index is -0.178. The standard InChI is InChI=1S/C10H11Cl2F/c11-6-2-5-8-3-1-4-9(7-12)10(8)13/h1,3-4H,2,5-7H2. The van der Waals surface area contributed by atoms with Gasteiger partial charge in [-0.15, -0.1) is 23.2 Å². The van der Waals surface area contributed by atoms with Crippen LogP contribution in [-0.4, -0.2) is 5.88 Å². The summed E-state index contributed by atoms with van der Waals surface area (Å²) in [4.78, 5) is 0. The molecule has 0 aliphatic heterocycles. The van der Waals surface area contributed by atoms with Gasteiger partial charge < -0.3 is 0 Å². The molecule has 0 N–H and O–H groups in total. The van der Waals surface area contributed by atoms with Crippen molar-refractivity contribution in [3.8, 4) is 0 Å². The SMILES string of the molecule is Fc1c(CCl)cccc1CCCCl. The second-order valence-electron chi connectivity index (χ2n) is 2.82. The van der Waals surface area contributed by atoms with E-state index in [9.17, 15) is 4.39 Å². The molecule has 0 spiro atoms. The Bertz CT molecular complexity index is 274. The number of hydrogen-bond donors (Lipinski definition) is 0. The van der Waals surface area contributed by atoms with Gasteiger partial charge in [0.15, 0.2) is 0 Å². The van der Waals surface area contributed by atoms with Gasteiger partial charge in [0.2, 0.25) is 0 Å². The van der Waals surface area contributed by atoms with Crippen molar-refractivity contribution in [2.45, 2.75) is 18.7 Å². The second-order valence-corrected chi connectivity index (χ2v) is 3.46. The van der Waals surface area contributed by atoms with Crippen LogP contribution in [0.1, 0.15) is 17.5 Å². The van der Waals surface area contributed by atoms with E-state index >= 15 is 0 Å². The van der Waals surface area contributed by atoms with Gasteiger partial charge in [-0.3, -0.25) is 0 Å². The van der Waals surface area contributed by atoms with Gasteiger partial charge in [0.1, 0.15) is 5.82 Å². The summed E-state index contributed by atoms with van der Waals surface area (Å²) in [5.74, 6) is 0.605. The van der Waals surface area contributed by atoms with E-state index in [2.05, 4.69) is 0 Å². The molecule has 13 heavy (non-hydrogen) atoms. The highest BCUT2D eigenvalue weighted by Crippen LogP contribution is 2.16. The molecule has 0 aromatic heterocycles. The maximum atomic E-state index is 13.5. The van der Waals surface area contributed by atoms with Crippen LogP contribution < -0.4 is 0 Å². The van der Waals surface area contributed by atoms with Crippen LogP contribution in [0, 0.1) is 5.82 Å². The average Bonchev–Trinajstić information content (AvgIpc) is 2.16. The van der Waals surface area contributed by atoms with Gasteiger partial charge in [-0.05, 0) is 18.4 Å². The van der Waals surface area contributed by atoms with Crippen LogP contribution in [0.4, 0.5) is 4.39 Å². The molecule has 0 fully saturated rings. The predicted molar refractivity (Wildman–Crippen MR) is 55.0 cm³/mol. The number of halogens is 3. The van der Waals surface area contributed by atoms with Crippen LogP contribution in [0.5, 0.6) is 0 Å². The highest BCUT2D eigenvalue weighted by molar-refractivity contribution is 6.17. The molecule has 0 unspecified atom stereocenters. The van der Waals surface area contributed by atoms with Gasteiger partial charge in [-0.2, -0.15) is 0 Å². The quantitative estimate of drug-likeness (QED) is 0.679. The zero-order valence-corrected chi connectivity index (χ0v) is 8.71. The molecule has 1 aromatic rings. The van der Waals surface area contributed by atoms with Crippen molar-refractivity contribution in [3.63, 3.8) is 0 Å². The molecule has 0 atom stereocenters. The Morgan fingerprint density at radius 1 is 1.15 bits per heavy atom. The molecule has 0 amide bonds. The zero-order valence-electron chi connectivity index (χ0n) is 7.19. The lowest BCUT2D eigenvalue weighted by Crippen LogP contribution is -1.95. The molecular weight excluding hydrogens is 210 g/mol. The van der Waals surface area contributed by atoms with Crippen LogP contribution in [0.15, 0.2) is 18.2 Å². The number of rotatable bonds is 4. The van der Waals surface area contributed by atoms with Crippen molar-refractivity contribution in [3.05, 3.63) is 35.1 Å². The first-order valence-electron chi connectivity index (χ1n) is 4.17. The Kier molecular flexibility index (Phi) is 4.54. The molecule has 0 nitrogen and oxygen atoms in total. The Morgan fingerprint density at radius 2 is 1.85 bits per heavy atom. The average molecular weight is 221 g/mol. The molecule has 1 aromatic carbocycles. The van der Waals surface area contributed by atoms with E-state index in [1.54, 1.807) is 12.1 Å². The summed E-state index contributed by atoms with van der Waals surface area (Å²) in [6, 6.07) is 5.30. The van der Waals surface area contributed by atoms with E-state index < -0.39 is 0 Å². The highest BCUT2D eigenvalue weighted by atomic mass is 35.5. The van der Waals surface area contributed by atoms with Gasteiger partial charge in [0.25, 0.3) is 0 Å². The molecule has 0 aliphatic rings. The third-order valence-electron chi connectivity index (χ3n) is 1.88. The van der Waals surface area contributed by atoms with Crippen LogP contribution >= 0.6 is 23.2 Å². The third kappa shape index (κ3) is 2.85. The molecule has 0 radical (unpaired) electrons. The van der Waals surface area contributed by atoms with E-state index in [0.29, 0.717) is 23.4 Å². The summed E-state index contributed by atoms with van der Waals surface area (Å²) in [6.07, 6.45) is 1.48. The highest BCUT2D eigenvalue weighted by Gasteiger charge is 2.05. The summed E-state index contributed by atoms with van der Waals surface area (Å²) in [6.45, 7) is 0. The monoisotopic (exact) mass is 220 g/mol. The van der Waals surface area contributed by atoms with Gasteiger partial charge in [0.05, 0.1) is 5.88 Å². The molecule has 0 aliphatic carbocycles. The Balaban J connectivity index is 2.81. The van der Waals surface area contributed by atoms with Crippen LogP contribution in [0.25, 0.3) is 0 Å². The Morgan fingerprint density at radius 3 is 2.46 bits per heavy atom. The van der Waals surface area contributed by atoms with E-state index in [0.717, 1.165) is 6.42 Å². The lowest BCUT2D eigenvalue weighted by Gasteiger charge is -2.04. The summed E-state index contributed by atoms with van der Waals surface area (Å²) in [5, 5.41) is 0. The lowest BCUT2D eigenvalue weighted by atomic mass is 10.1. The van der Waals surface area contributed by atoms with E-state index in [1.807, 2.05) is 6.07 Å². The van der Waals surface area contributed by atoms with Gasteiger partial charge in [-0.25, -0.2) is 4.39 Å². The van der Waals surface area contributed by atoms with Crippen molar-refractivity contribution in [1.82, 2.24) is 0 Å².